The fourth-order valence-electron chi connectivity index (χ4n) is 2.04. The van der Waals surface area contributed by atoms with Gasteiger partial charge in [0.1, 0.15) is 5.69 Å². The van der Waals surface area contributed by atoms with Gasteiger partial charge in [0.15, 0.2) is 0 Å². The smallest absolute Gasteiger partial charge is 0.388 e. The highest BCUT2D eigenvalue weighted by Crippen LogP contribution is 2.39. The Morgan fingerprint density at radius 3 is 2.56 bits per heavy atom. The molecule has 1 aromatic heterocycles. The summed E-state index contributed by atoms with van der Waals surface area (Å²) in [6.45, 7) is 0.123. The predicted octanol–water partition coefficient (Wildman–Crippen LogP) is 2.57. The van der Waals surface area contributed by atoms with Gasteiger partial charge < -0.3 is 15.8 Å². The third-order valence-corrected chi connectivity index (χ3v) is 2.80. The van der Waals surface area contributed by atoms with E-state index < -0.39 is 18.0 Å². The zero-order valence-electron chi connectivity index (χ0n) is 9.46. The molecule has 6 heteroatoms. The second kappa shape index (κ2) is 4.62. The van der Waals surface area contributed by atoms with Crippen LogP contribution in [0.5, 0.6) is 0 Å². The number of hydrogen-bond acceptors (Lipinski definition) is 2. The van der Waals surface area contributed by atoms with Crippen molar-refractivity contribution in [2.45, 2.75) is 18.7 Å². The molecule has 0 aliphatic rings. The van der Waals surface area contributed by atoms with Crippen LogP contribution in [-0.2, 0) is 6.18 Å². The molecule has 1 heterocycles. The minimum absolute atomic E-state index is 0.0882. The van der Waals surface area contributed by atoms with E-state index in [-0.39, 0.29) is 18.5 Å². The van der Waals surface area contributed by atoms with Crippen LogP contribution in [0.1, 0.15) is 23.8 Å². The average molecular weight is 258 g/mol. The van der Waals surface area contributed by atoms with Crippen molar-refractivity contribution >= 4 is 10.9 Å². The number of hydrogen-bond donors (Lipinski definition) is 3. The molecule has 98 valence electrons. The topological polar surface area (TPSA) is 62.0 Å². The summed E-state index contributed by atoms with van der Waals surface area (Å²) in [5.74, 6) is 0. The van der Waals surface area contributed by atoms with Gasteiger partial charge in [0.2, 0.25) is 0 Å². The largest absolute Gasteiger partial charge is 0.431 e. The van der Waals surface area contributed by atoms with Crippen molar-refractivity contribution in [3.63, 3.8) is 0 Å². The van der Waals surface area contributed by atoms with Crippen molar-refractivity contribution in [1.82, 2.24) is 4.98 Å². The molecular formula is C12H13F3N2O. The minimum Gasteiger partial charge on any atom is -0.388 e. The Morgan fingerprint density at radius 1 is 1.28 bits per heavy atom. The molecule has 0 aliphatic heterocycles. The van der Waals surface area contributed by atoms with Gasteiger partial charge in [-0.05, 0) is 19.0 Å². The van der Waals surface area contributed by atoms with Crippen LogP contribution in [0, 0.1) is 0 Å². The second-order valence-corrected chi connectivity index (χ2v) is 4.05. The van der Waals surface area contributed by atoms with Gasteiger partial charge in [-0.2, -0.15) is 13.2 Å². The van der Waals surface area contributed by atoms with Gasteiger partial charge >= 0.3 is 6.18 Å². The number of aromatic nitrogens is 1. The van der Waals surface area contributed by atoms with Crippen LogP contribution in [0.4, 0.5) is 13.2 Å². The summed E-state index contributed by atoms with van der Waals surface area (Å²) in [7, 11) is 0. The SMILES string of the molecule is NCCC(O)c1c(C(F)(F)F)[nH]c2ccccc12. The van der Waals surface area contributed by atoms with Crippen molar-refractivity contribution in [3.05, 3.63) is 35.5 Å². The fourth-order valence-corrected chi connectivity index (χ4v) is 2.04. The van der Waals surface area contributed by atoms with Gasteiger partial charge in [-0.3, -0.25) is 0 Å². The summed E-state index contributed by atoms with van der Waals surface area (Å²) in [5.41, 5.74) is 4.62. The van der Waals surface area contributed by atoms with Gasteiger partial charge in [0, 0.05) is 16.5 Å². The van der Waals surface area contributed by atoms with E-state index in [1.807, 2.05) is 0 Å². The maximum absolute atomic E-state index is 12.9. The molecule has 2 rings (SSSR count). The highest BCUT2D eigenvalue weighted by Gasteiger charge is 2.38. The van der Waals surface area contributed by atoms with Crippen molar-refractivity contribution in [2.24, 2.45) is 5.73 Å². The first kappa shape index (κ1) is 12.9. The number of nitrogens with two attached hydrogens (primary N) is 1. The Labute approximate surface area is 101 Å². The van der Waals surface area contributed by atoms with Crippen LogP contribution in [0.15, 0.2) is 24.3 Å². The summed E-state index contributed by atoms with van der Waals surface area (Å²) < 4.78 is 38.7. The molecule has 4 N–H and O–H groups in total. The van der Waals surface area contributed by atoms with Crippen molar-refractivity contribution in [3.8, 4) is 0 Å². The lowest BCUT2D eigenvalue weighted by Crippen LogP contribution is -2.13. The van der Waals surface area contributed by atoms with E-state index in [9.17, 15) is 18.3 Å². The maximum atomic E-state index is 12.9. The Balaban J connectivity index is 2.65. The average Bonchev–Trinajstić information content (AvgIpc) is 2.68. The molecule has 0 saturated carbocycles. The highest BCUT2D eigenvalue weighted by molar-refractivity contribution is 5.85. The van der Waals surface area contributed by atoms with E-state index in [4.69, 9.17) is 5.73 Å². The zero-order valence-corrected chi connectivity index (χ0v) is 9.46. The van der Waals surface area contributed by atoms with E-state index in [0.717, 1.165) is 0 Å². The first-order chi connectivity index (χ1) is 8.45. The van der Waals surface area contributed by atoms with E-state index in [1.165, 1.54) is 0 Å². The number of aromatic amines is 1. The normalized spacial score (nSPS) is 14.1. The van der Waals surface area contributed by atoms with E-state index in [1.54, 1.807) is 24.3 Å². The number of aliphatic hydroxyl groups excluding tert-OH is 1. The first-order valence-corrected chi connectivity index (χ1v) is 5.51. The molecule has 0 fully saturated rings. The molecule has 1 unspecified atom stereocenters. The Kier molecular flexibility index (Phi) is 3.32. The quantitative estimate of drug-likeness (QED) is 0.792. The molecule has 3 nitrogen and oxygen atoms in total. The molecule has 1 aromatic carbocycles. The van der Waals surface area contributed by atoms with Crippen LogP contribution in [0.25, 0.3) is 10.9 Å². The summed E-state index contributed by atoms with van der Waals surface area (Å²) in [6, 6.07) is 6.37. The van der Waals surface area contributed by atoms with Crippen LogP contribution < -0.4 is 5.73 Å². The number of aliphatic hydroxyl groups is 1. The predicted molar refractivity (Wildman–Crippen MR) is 61.9 cm³/mol. The van der Waals surface area contributed by atoms with Crippen molar-refractivity contribution in [2.75, 3.05) is 6.54 Å². The van der Waals surface area contributed by atoms with Gasteiger partial charge in [-0.25, -0.2) is 0 Å². The number of benzene rings is 1. The third-order valence-electron chi connectivity index (χ3n) is 2.80. The number of rotatable bonds is 3. The van der Waals surface area contributed by atoms with Crippen molar-refractivity contribution < 1.29 is 18.3 Å². The summed E-state index contributed by atoms with van der Waals surface area (Å²) in [6.07, 6.45) is -5.66. The number of nitrogens with one attached hydrogen (secondary N) is 1. The minimum atomic E-state index is -4.52. The standard InChI is InChI=1S/C12H13F3N2O/c13-12(14,15)11-10(9(18)5-6-16)7-3-1-2-4-8(7)17-11/h1-4,9,17-18H,5-6,16H2. The van der Waals surface area contributed by atoms with Crippen LogP contribution >= 0.6 is 0 Å². The molecule has 0 amide bonds. The van der Waals surface area contributed by atoms with E-state index in [2.05, 4.69) is 4.98 Å². The van der Waals surface area contributed by atoms with E-state index in [0.29, 0.717) is 10.9 Å². The fraction of sp³-hybridized carbons (Fsp3) is 0.333. The van der Waals surface area contributed by atoms with Crippen molar-refractivity contribution in [1.29, 1.82) is 0 Å². The first-order valence-electron chi connectivity index (χ1n) is 5.51. The van der Waals surface area contributed by atoms with Gasteiger partial charge in [0.25, 0.3) is 0 Å². The second-order valence-electron chi connectivity index (χ2n) is 4.05. The Morgan fingerprint density at radius 2 is 1.94 bits per heavy atom. The maximum Gasteiger partial charge on any atom is 0.431 e. The monoisotopic (exact) mass is 258 g/mol. The lowest BCUT2D eigenvalue weighted by Gasteiger charge is -2.13. The summed E-state index contributed by atoms with van der Waals surface area (Å²) in [4.78, 5) is 2.32. The van der Waals surface area contributed by atoms with Gasteiger partial charge in [0.05, 0.1) is 6.10 Å². The molecule has 1 atom stereocenters. The van der Waals surface area contributed by atoms with Crippen LogP contribution in [-0.4, -0.2) is 16.6 Å². The third kappa shape index (κ3) is 2.21. The van der Waals surface area contributed by atoms with Gasteiger partial charge in [-0.1, -0.05) is 18.2 Å². The molecule has 0 saturated heterocycles. The molecule has 0 radical (unpaired) electrons. The van der Waals surface area contributed by atoms with E-state index >= 15 is 0 Å². The van der Waals surface area contributed by atoms with Crippen LogP contribution in [0.3, 0.4) is 0 Å². The molecule has 2 aromatic rings. The Hall–Kier alpha value is -1.53. The lowest BCUT2D eigenvalue weighted by atomic mass is 10.0. The molecular weight excluding hydrogens is 245 g/mol. The van der Waals surface area contributed by atoms with Gasteiger partial charge in [-0.15, -0.1) is 0 Å². The molecule has 0 aliphatic carbocycles. The highest BCUT2D eigenvalue weighted by atomic mass is 19.4. The number of halogens is 3. The number of alkyl halides is 3. The number of fused-ring (bicyclic) bond motifs is 1. The summed E-state index contributed by atoms with van der Waals surface area (Å²) >= 11 is 0. The molecule has 18 heavy (non-hydrogen) atoms. The van der Waals surface area contributed by atoms with Crippen LogP contribution in [0.2, 0.25) is 0 Å². The molecule has 0 bridgehead atoms. The Bertz CT molecular complexity index is 548. The molecule has 0 spiro atoms. The lowest BCUT2D eigenvalue weighted by molar-refractivity contribution is -0.142. The zero-order chi connectivity index (χ0) is 13.3. The number of H-pyrrole nitrogens is 1. The summed E-state index contributed by atoms with van der Waals surface area (Å²) in [5, 5.41) is 10.2. The number of para-hydroxylation sites is 1.